The standard InChI is InChI=1S/C28H22N2O3S/c31-26(21-14-13-19-7-1-2-8-20(19)17-21)29-22-9-5-10-23(18-22)34-16-6-15-30-27(32)24-11-3-4-12-25(24)28(30)33/h1-5,7-14,17-18H,6,15-16H2,(H,29,31). The van der Waals surface area contributed by atoms with E-state index in [4.69, 9.17) is 0 Å². The molecule has 5 nitrogen and oxygen atoms in total. The van der Waals surface area contributed by atoms with Crippen molar-refractivity contribution in [3.63, 3.8) is 0 Å². The fourth-order valence-corrected chi connectivity index (χ4v) is 4.95. The Morgan fingerprint density at radius 3 is 2.24 bits per heavy atom. The van der Waals surface area contributed by atoms with Crippen LogP contribution in [0, 0.1) is 0 Å². The average molecular weight is 467 g/mol. The highest BCUT2D eigenvalue weighted by Gasteiger charge is 2.34. The molecule has 0 radical (unpaired) electrons. The minimum Gasteiger partial charge on any atom is -0.322 e. The molecule has 6 heteroatoms. The fraction of sp³-hybridized carbons (Fsp3) is 0.107. The first-order valence-electron chi connectivity index (χ1n) is 11.1. The summed E-state index contributed by atoms with van der Waals surface area (Å²) < 4.78 is 0. The highest BCUT2D eigenvalue weighted by Crippen LogP contribution is 2.26. The van der Waals surface area contributed by atoms with Gasteiger partial charge >= 0.3 is 0 Å². The summed E-state index contributed by atoms with van der Waals surface area (Å²) >= 11 is 1.63. The van der Waals surface area contributed by atoms with Gasteiger partial charge in [0.15, 0.2) is 0 Å². The molecule has 1 aliphatic rings. The Labute approximate surface area is 201 Å². The zero-order valence-electron chi connectivity index (χ0n) is 18.4. The van der Waals surface area contributed by atoms with Crippen LogP contribution in [0.1, 0.15) is 37.5 Å². The van der Waals surface area contributed by atoms with Gasteiger partial charge in [-0.3, -0.25) is 19.3 Å². The summed E-state index contributed by atoms with van der Waals surface area (Å²) in [5.41, 5.74) is 2.30. The highest BCUT2D eigenvalue weighted by atomic mass is 32.2. The quantitative estimate of drug-likeness (QED) is 0.210. The monoisotopic (exact) mass is 466 g/mol. The maximum Gasteiger partial charge on any atom is 0.261 e. The number of hydrogen-bond donors (Lipinski definition) is 1. The predicted octanol–water partition coefficient (Wildman–Crippen LogP) is 5.87. The van der Waals surface area contributed by atoms with Gasteiger partial charge in [-0.2, -0.15) is 0 Å². The molecule has 0 fully saturated rings. The molecule has 1 aliphatic heterocycles. The van der Waals surface area contributed by atoms with Crippen LogP contribution in [0.5, 0.6) is 0 Å². The van der Waals surface area contributed by atoms with Crippen molar-refractivity contribution in [3.8, 4) is 0 Å². The molecule has 168 valence electrons. The Balaban J connectivity index is 1.16. The van der Waals surface area contributed by atoms with E-state index in [1.807, 2.05) is 66.7 Å². The van der Waals surface area contributed by atoms with Gasteiger partial charge in [0.25, 0.3) is 17.7 Å². The van der Waals surface area contributed by atoms with Crippen molar-refractivity contribution in [3.05, 3.63) is 108 Å². The second kappa shape index (κ2) is 9.53. The number of amides is 3. The highest BCUT2D eigenvalue weighted by molar-refractivity contribution is 7.99. The lowest BCUT2D eigenvalue weighted by Crippen LogP contribution is -2.30. The lowest BCUT2D eigenvalue weighted by atomic mass is 10.1. The number of carbonyl (C=O) groups is 3. The van der Waals surface area contributed by atoms with Crippen LogP contribution in [0.15, 0.2) is 95.9 Å². The van der Waals surface area contributed by atoms with Crippen LogP contribution in [0.25, 0.3) is 10.8 Å². The van der Waals surface area contributed by atoms with Crippen LogP contribution in [0.4, 0.5) is 5.69 Å². The van der Waals surface area contributed by atoms with Gasteiger partial charge in [0.1, 0.15) is 0 Å². The summed E-state index contributed by atoms with van der Waals surface area (Å²) in [6.07, 6.45) is 0.684. The Morgan fingerprint density at radius 1 is 0.765 bits per heavy atom. The van der Waals surface area contributed by atoms with Crippen LogP contribution >= 0.6 is 11.8 Å². The normalized spacial score (nSPS) is 12.8. The Morgan fingerprint density at radius 2 is 1.47 bits per heavy atom. The van der Waals surface area contributed by atoms with Crippen LogP contribution in [-0.4, -0.2) is 34.9 Å². The molecule has 0 spiro atoms. The van der Waals surface area contributed by atoms with Gasteiger partial charge in [-0.05, 0) is 65.4 Å². The van der Waals surface area contributed by atoms with Crippen molar-refractivity contribution >= 4 is 45.9 Å². The molecule has 0 saturated carbocycles. The molecule has 34 heavy (non-hydrogen) atoms. The van der Waals surface area contributed by atoms with Crippen LogP contribution in [0.3, 0.4) is 0 Å². The molecule has 1 heterocycles. The lowest BCUT2D eigenvalue weighted by molar-refractivity contribution is 0.0654. The van der Waals surface area contributed by atoms with E-state index in [0.29, 0.717) is 29.7 Å². The summed E-state index contributed by atoms with van der Waals surface area (Å²) in [5.74, 6) is 0.154. The second-order valence-corrected chi connectivity index (χ2v) is 9.22. The van der Waals surface area contributed by atoms with E-state index in [2.05, 4.69) is 5.32 Å². The number of imide groups is 1. The molecule has 4 aromatic carbocycles. The van der Waals surface area contributed by atoms with Gasteiger partial charge in [-0.15, -0.1) is 11.8 Å². The van der Waals surface area contributed by atoms with E-state index in [1.54, 1.807) is 36.0 Å². The summed E-state index contributed by atoms with van der Waals surface area (Å²) in [6.45, 7) is 0.387. The Bertz CT molecular complexity index is 1380. The molecule has 0 unspecified atom stereocenters. The van der Waals surface area contributed by atoms with Gasteiger partial charge in [-0.25, -0.2) is 0 Å². The van der Waals surface area contributed by atoms with E-state index in [-0.39, 0.29) is 17.7 Å². The number of benzene rings is 4. The second-order valence-electron chi connectivity index (χ2n) is 8.05. The third kappa shape index (κ3) is 4.45. The van der Waals surface area contributed by atoms with Gasteiger partial charge in [0.2, 0.25) is 0 Å². The lowest BCUT2D eigenvalue weighted by Gasteiger charge is -2.13. The van der Waals surface area contributed by atoms with E-state index in [1.165, 1.54) is 4.90 Å². The maximum absolute atomic E-state index is 12.7. The summed E-state index contributed by atoms with van der Waals surface area (Å²) in [5, 5.41) is 5.09. The minimum atomic E-state index is -0.219. The molecule has 1 N–H and O–H groups in total. The first kappa shape index (κ1) is 21.9. The molecule has 3 amide bonds. The first-order chi connectivity index (χ1) is 16.6. The van der Waals surface area contributed by atoms with Gasteiger partial charge in [0.05, 0.1) is 11.1 Å². The number of anilines is 1. The van der Waals surface area contributed by atoms with Crippen LogP contribution in [0.2, 0.25) is 0 Å². The van der Waals surface area contributed by atoms with Crippen molar-refractivity contribution in [2.45, 2.75) is 11.3 Å². The molecule has 5 rings (SSSR count). The number of carbonyl (C=O) groups excluding carboxylic acids is 3. The summed E-state index contributed by atoms with van der Waals surface area (Å²) in [7, 11) is 0. The number of hydrogen-bond acceptors (Lipinski definition) is 4. The number of nitrogens with zero attached hydrogens (tertiary/aromatic N) is 1. The largest absolute Gasteiger partial charge is 0.322 e. The Hall–Kier alpha value is -3.90. The fourth-order valence-electron chi connectivity index (χ4n) is 4.05. The van der Waals surface area contributed by atoms with E-state index in [9.17, 15) is 14.4 Å². The van der Waals surface area contributed by atoms with E-state index < -0.39 is 0 Å². The minimum absolute atomic E-state index is 0.154. The molecule has 0 aliphatic carbocycles. The number of rotatable bonds is 7. The molecular weight excluding hydrogens is 444 g/mol. The van der Waals surface area contributed by atoms with Crippen molar-refractivity contribution < 1.29 is 14.4 Å². The predicted molar refractivity (Wildman–Crippen MR) is 135 cm³/mol. The molecule has 4 aromatic rings. The smallest absolute Gasteiger partial charge is 0.261 e. The van der Waals surface area contributed by atoms with Crippen molar-refractivity contribution in [1.82, 2.24) is 4.90 Å². The zero-order chi connectivity index (χ0) is 23.5. The van der Waals surface area contributed by atoms with Crippen molar-refractivity contribution in [1.29, 1.82) is 0 Å². The zero-order valence-corrected chi connectivity index (χ0v) is 19.2. The van der Waals surface area contributed by atoms with Crippen molar-refractivity contribution in [2.75, 3.05) is 17.6 Å². The third-order valence-electron chi connectivity index (χ3n) is 5.78. The maximum atomic E-state index is 12.7. The number of fused-ring (bicyclic) bond motifs is 2. The first-order valence-corrected chi connectivity index (χ1v) is 12.1. The van der Waals surface area contributed by atoms with E-state index in [0.717, 1.165) is 27.1 Å². The van der Waals surface area contributed by atoms with E-state index >= 15 is 0 Å². The van der Waals surface area contributed by atoms with Gasteiger partial charge in [0, 0.05) is 22.7 Å². The molecule has 0 bridgehead atoms. The molecule has 0 aromatic heterocycles. The van der Waals surface area contributed by atoms with Crippen LogP contribution < -0.4 is 5.32 Å². The Kier molecular flexibility index (Phi) is 6.14. The number of thioether (sulfide) groups is 1. The van der Waals surface area contributed by atoms with Crippen LogP contribution in [-0.2, 0) is 0 Å². The van der Waals surface area contributed by atoms with Crippen molar-refractivity contribution in [2.24, 2.45) is 0 Å². The summed E-state index contributed by atoms with van der Waals surface area (Å²) in [4.78, 5) is 40.0. The molecule has 0 atom stereocenters. The third-order valence-corrected chi connectivity index (χ3v) is 6.86. The van der Waals surface area contributed by atoms with Gasteiger partial charge in [-0.1, -0.05) is 48.5 Å². The average Bonchev–Trinajstić information content (AvgIpc) is 3.11. The molecular formula is C28H22N2O3S. The topological polar surface area (TPSA) is 66.5 Å². The summed E-state index contributed by atoms with van der Waals surface area (Å²) in [6, 6.07) is 28.2. The SMILES string of the molecule is O=C(Nc1cccc(SCCCN2C(=O)c3ccccc3C2=O)c1)c1ccc2ccccc2c1. The van der Waals surface area contributed by atoms with Gasteiger partial charge < -0.3 is 5.32 Å². The molecule has 0 saturated heterocycles. The number of nitrogens with one attached hydrogen (secondary N) is 1.